The van der Waals surface area contributed by atoms with Crippen LogP contribution in [0.4, 0.5) is 0 Å². The van der Waals surface area contributed by atoms with Gasteiger partial charge in [-0.3, -0.25) is 0 Å². The van der Waals surface area contributed by atoms with Gasteiger partial charge in [-0.25, -0.2) is 0 Å². The molecule has 1 atom stereocenters. The van der Waals surface area contributed by atoms with E-state index >= 15 is 0 Å². The summed E-state index contributed by atoms with van der Waals surface area (Å²) in [7, 11) is -0.624. The molecule has 0 bridgehead atoms. The summed E-state index contributed by atoms with van der Waals surface area (Å²) in [6.45, 7) is 10.1. The monoisotopic (exact) mass is 292 g/mol. The average Bonchev–Trinajstić information content (AvgIpc) is 3.19. The molecule has 0 aromatic heterocycles. The van der Waals surface area contributed by atoms with Crippen LogP contribution in [0.3, 0.4) is 0 Å². The fourth-order valence-electron chi connectivity index (χ4n) is 1.93. The summed E-state index contributed by atoms with van der Waals surface area (Å²) in [4.78, 5) is 0. The Balaban J connectivity index is 2.17. The Morgan fingerprint density at radius 3 is 2.16 bits per heavy atom. The summed E-state index contributed by atoms with van der Waals surface area (Å²) in [6, 6.07) is 1.09. The second-order valence-corrected chi connectivity index (χ2v) is 6.54. The molecular formula is C13H28O5Si. The molecule has 6 heteroatoms. The highest BCUT2D eigenvalue weighted by molar-refractivity contribution is 6.38. The maximum absolute atomic E-state index is 5.72. The van der Waals surface area contributed by atoms with Crippen LogP contribution < -0.4 is 0 Å². The van der Waals surface area contributed by atoms with Crippen molar-refractivity contribution < 1.29 is 23.7 Å². The lowest BCUT2D eigenvalue weighted by Gasteiger charge is -2.32. The first-order valence-electron chi connectivity index (χ1n) is 7.37. The first-order chi connectivity index (χ1) is 9.26. The lowest BCUT2D eigenvalue weighted by atomic mass is 10.5. The molecule has 19 heavy (non-hydrogen) atoms. The largest absolute Gasteiger partial charge is 0.379 e. The maximum atomic E-state index is 5.72. The first kappa shape index (κ1) is 17.1. The molecule has 0 saturated carbocycles. The smallest absolute Gasteiger partial charge is 0.249 e. The van der Waals surface area contributed by atoms with E-state index in [1.54, 1.807) is 0 Å². The molecule has 1 saturated heterocycles. The minimum atomic E-state index is -0.738. The third-order valence-corrected chi connectivity index (χ3v) is 4.90. The van der Waals surface area contributed by atoms with Gasteiger partial charge in [0.2, 0.25) is 5.60 Å². The molecule has 1 heterocycles. The van der Waals surface area contributed by atoms with E-state index < -0.39 is 15.1 Å². The number of hydrogen-bond acceptors (Lipinski definition) is 5. The Morgan fingerprint density at radius 1 is 1.11 bits per heavy atom. The van der Waals surface area contributed by atoms with Crippen molar-refractivity contribution in [1.82, 2.24) is 0 Å². The highest BCUT2D eigenvalue weighted by Crippen LogP contribution is 2.17. The van der Waals surface area contributed by atoms with E-state index in [9.17, 15) is 0 Å². The Kier molecular flexibility index (Phi) is 8.85. The molecule has 1 fully saturated rings. The van der Waals surface area contributed by atoms with Gasteiger partial charge in [0.1, 0.15) is 15.6 Å². The van der Waals surface area contributed by atoms with Crippen LogP contribution in [0.5, 0.6) is 0 Å². The van der Waals surface area contributed by atoms with Crippen molar-refractivity contribution in [2.24, 2.45) is 0 Å². The Hall–Kier alpha value is 0.0169. The molecule has 1 aliphatic rings. The van der Waals surface area contributed by atoms with Crippen molar-refractivity contribution >= 4 is 9.52 Å². The van der Waals surface area contributed by atoms with E-state index in [-0.39, 0.29) is 0 Å². The van der Waals surface area contributed by atoms with Gasteiger partial charge < -0.3 is 23.7 Å². The van der Waals surface area contributed by atoms with Gasteiger partial charge in [-0.2, -0.15) is 0 Å². The van der Waals surface area contributed by atoms with E-state index in [0.717, 1.165) is 32.3 Å². The third kappa shape index (κ3) is 7.39. The van der Waals surface area contributed by atoms with E-state index in [4.69, 9.17) is 23.7 Å². The molecule has 0 aromatic carbocycles. The predicted molar refractivity (Wildman–Crippen MR) is 76.1 cm³/mol. The molecule has 0 spiro atoms. The van der Waals surface area contributed by atoms with Gasteiger partial charge in [-0.05, 0) is 27.2 Å². The normalized spacial score (nSPS) is 19.4. The van der Waals surface area contributed by atoms with Gasteiger partial charge in [0.25, 0.3) is 0 Å². The molecule has 114 valence electrons. The van der Waals surface area contributed by atoms with Crippen molar-refractivity contribution in [3.63, 3.8) is 0 Å². The van der Waals surface area contributed by atoms with Gasteiger partial charge in [0, 0.05) is 26.4 Å². The number of ether oxygens (including phenoxy) is 5. The second-order valence-electron chi connectivity index (χ2n) is 4.47. The molecule has 0 radical (unpaired) electrons. The zero-order valence-electron chi connectivity index (χ0n) is 12.5. The van der Waals surface area contributed by atoms with Crippen molar-refractivity contribution in [3.8, 4) is 0 Å². The maximum Gasteiger partial charge on any atom is 0.249 e. The van der Waals surface area contributed by atoms with Gasteiger partial charge in [0.15, 0.2) is 0 Å². The highest BCUT2D eigenvalue weighted by atomic mass is 28.2. The van der Waals surface area contributed by atoms with E-state index in [1.807, 2.05) is 20.8 Å². The molecule has 0 aliphatic carbocycles. The van der Waals surface area contributed by atoms with Gasteiger partial charge in [0.05, 0.1) is 13.2 Å². The van der Waals surface area contributed by atoms with Crippen molar-refractivity contribution in [2.45, 2.75) is 44.9 Å². The van der Waals surface area contributed by atoms with Crippen LogP contribution in [0, 0.1) is 0 Å². The number of rotatable bonds is 13. The molecule has 0 N–H and O–H groups in total. The van der Waals surface area contributed by atoms with E-state index in [2.05, 4.69) is 0 Å². The lowest BCUT2D eigenvalue weighted by Crippen LogP contribution is -2.45. The summed E-state index contributed by atoms with van der Waals surface area (Å²) in [6.07, 6.45) is 1.39. The zero-order valence-corrected chi connectivity index (χ0v) is 13.9. The standard InChI is InChI=1S/C13H28O5Si/c1-4-16-13(17-5-2,18-6-3)19-9-7-8-14-10-12-11-15-12/h12H,4-11,19H2,1-3H3. The first-order valence-corrected chi connectivity index (χ1v) is 9.08. The van der Waals surface area contributed by atoms with Crippen LogP contribution in [0.2, 0.25) is 6.04 Å². The minimum Gasteiger partial charge on any atom is -0.379 e. The predicted octanol–water partition coefficient (Wildman–Crippen LogP) is 1.10. The van der Waals surface area contributed by atoms with Crippen molar-refractivity contribution in [1.29, 1.82) is 0 Å². The topological polar surface area (TPSA) is 49.5 Å². The molecule has 1 unspecified atom stereocenters. The summed E-state index contributed by atoms with van der Waals surface area (Å²) in [5.74, 6) is 0. The van der Waals surface area contributed by atoms with Crippen LogP contribution in [0.15, 0.2) is 0 Å². The fraction of sp³-hybridized carbons (Fsp3) is 1.00. The quantitative estimate of drug-likeness (QED) is 0.220. The van der Waals surface area contributed by atoms with Crippen LogP contribution in [-0.4, -0.2) is 60.9 Å². The Labute approximate surface area is 118 Å². The molecule has 0 aromatic rings. The van der Waals surface area contributed by atoms with Crippen LogP contribution in [-0.2, 0) is 23.7 Å². The van der Waals surface area contributed by atoms with Crippen LogP contribution in [0.25, 0.3) is 0 Å². The Morgan fingerprint density at radius 2 is 1.68 bits per heavy atom. The van der Waals surface area contributed by atoms with Crippen molar-refractivity contribution in [3.05, 3.63) is 0 Å². The zero-order chi connectivity index (χ0) is 14.0. The SMILES string of the molecule is CCOC(OCC)(OCC)[SiH2]CCCOCC1CO1. The molecule has 1 rings (SSSR count). The average molecular weight is 292 g/mol. The van der Waals surface area contributed by atoms with Crippen LogP contribution in [0.1, 0.15) is 27.2 Å². The fourth-order valence-corrected chi connectivity index (χ4v) is 3.86. The molecule has 1 aliphatic heterocycles. The van der Waals surface area contributed by atoms with Crippen LogP contribution >= 0.6 is 0 Å². The highest BCUT2D eigenvalue weighted by Gasteiger charge is 2.31. The third-order valence-electron chi connectivity index (χ3n) is 2.82. The van der Waals surface area contributed by atoms with Gasteiger partial charge in [-0.15, -0.1) is 0 Å². The summed E-state index contributed by atoms with van der Waals surface area (Å²) in [5, 5.41) is 0. The molecular weight excluding hydrogens is 264 g/mol. The summed E-state index contributed by atoms with van der Waals surface area (Å²) >= 11 is 0. The summed E-state index contributed by atoms with van der Waals surface area (Å²) in [5.41, 5.74) is -0.738. The second kappa shape index (κ2) is 9.85. The van der Waals surface area contributed by atoms with Crippen molar-refractivity contribution in [2.75, 3.05) is 39.6 Å². The van der Waals surface area contributed by atoms with Gasteiger partial charge >= 0.3 is 0 Å². The summed E-state index contributed by atoms with van der Waals surface area (Å²) < 4.78 is 27.8. The Bertz CT molecular complexity index is 206. The lowest BCUT2D eigenvalue weighted by molar-refractivity contribution is -0.323. The molecule has 5 nitrogen and oxygen atoms in total. The number of hydrogen-bond donors (Lipinski definition) is 0. The molecule has 0 amide bonds. The number of epoxide rings is 1. The minimum absolute atomic E-state index is 0.353. The van der Waals surface area contributed by atoms with Gasteiger partial charge in [-0.1, -0.05) is 6.04 Å². The van der Waals surface area contributed by atoms with E-state index in [1.165, 1.54) is 0 Å². The van der Waals surface area contributed by atoms with E-state index in [0.29, 0.717) is 25.9 Å².